The van der Waals surface area contributed by atoms with E-state index in [-0.39, 0.29) is 5.75 Å². The van der Waals surface area contributed by atoms with Gasteiger partial charge in [0.1, 0.15) is 11.5 Å². The van der Waals surface area contributed by atoms with Crippen LogP contribution in [0, 0.1) is 13.8 Å². The third-order valence-electron chi connectivity index (χ3n) is 4.15. The molecule has 0 aliphatic rings. The van der Waals surface area contributed by atoms with E-state index in [1.54, 1.807) is 19.2 Å². The molecule has 0 amide bonds. The second-order valence-electron chi connectivity index (χ2n) is 6.42. The Morgan fingerprint density at radius 1 is 1.08 bits per heavy atom. The number of hydrogen-bond acceptors (Lipinski definition) is 4. The molecule has 1 atom stereocenters. The number of hydrogen-bond donors (Lipinski definition) is 1. The molecule has 0 aliphatic heterocycles. The molecule has 2 aromatic carbocycles. The summed E-state index contributed by atoms with van der Waals surface area (Å²) in [6, 6.07) is 10.2. The zero-order chi connectivity index (χ0) is 19.3. The van der Waals surface area contributed by atoms with Crippen molar-refractivity contribution in [3.63, 3.8) is 0 Å². The Morgan fingerprint density at radius 3 is 2.15 bits per heavy atom. The monoisotopic (exact) mass is 365 g/mol. The minimum atomic E-state index is -2.85. The molecule has 0 aromatic heterocycles. The zero-order valence-corrected chi connectivity index (χ0v) is 15.5. The Hall–Kier alpha value is -2.18. The summed E-state index contributed by atoms with van der Waals surface area (Å²) in [5, 5.41) is 10.4. The van der Waals surface area contributed by atoms with Crippen LogP contribution in [0.2, 0.25) is 0 Å². The van der Waals surface area contributed by atoms with Crippen molar-refractivity contribution in [3.05, 3.63) is 58.7 Å². The Balaban J connectivity index is 1.97. The van der Waals surface area contributed by atoms with E-state index in [9.17, 15) is 13.9 Å². The van der Waals surface area contributed by atoms with Gasteiger partial charge in [-0.3, -0.25) is 4.90 Å². The van der Waals surface area contributed by atoms with Crippen molar-refractivity contribution in [2.45, 2.75) is 33.1 Å². The Morgan fingerprint density at radius 2 is 1.65 bits per heavy atom. The van der Waals surface area contributed by atoms with Gasteiger partial charge in [0.2, 0.25) is 0 Å². The lowest BCUT2D eigenvalue weighted by atomic mass is 10.0. The van der Waals surface area contributed by atoms with Crippen LogP contribution in [-0.4, -0.2) is 37.3 Å². The van der Waals surface area contributed by atoms with Gasteiger partial charge in [0.05, 0.1) is 13.2 Å². The molecular weight excluding hydrogens is 340 g/mol. The topological polar surface area (TPSA) is 41.9 Å². The van der Waals surface area contributed by atoms with Crippen LogP contribution in [0.25, 0.3) is 0 Å². The predicted molar refractivity (Wildman–Crippen MR) is 96.8 cm³/mol. The van der Waals surface area contributed by atoms with Crippen molar-refractivity contribution < 1.29 is 23.4 Å². The SMILES string of the molecule is COc1c(C)cc(CN(C)CC(O)c2ccc(OC(F)F)cc2)cc1C. The van der Waals surface area contributed by atoms with E-state index in [0.29, 0.717) is 18.7 Å². The zero-order valence-electron chi connectivity index (χ0n) is 15.5. The van der Waals surface area contributed by atoms with Gasteiger partial charge in [-0.2, -0.15) is 8.78 Å². The lowest BCUT2D eigenvalue weighted by molar-refractivity contribution is -0.0498. The second-order valence-corrected chi connectivity index (χ2v) is 6.42. The Bertz CT molecular complexity index is 696. The predicted octanol–water partition coefficient (Wildman–Crippen LogP) is 4.08. The highest BCUT2D eigenvalue weighted by Crippen LogP contribution is 2.25. The summed E-state index contributed by atoms with van der Waals surface area (Å²) in [5.41, 5.74) is 3.94. The van der Waals surface area contributed by atoms with Gasteiger partial charge in [-0.15, -0.1) is 0 Å². The smallest absolute Gasteiger partial charge is 0.387 e. The molecule has 0 radical (unpaired) electrons. The standard InChI is InChI=1S/C20H25F2NO3/c1-13-9-15(10-14(2)19(13)25-4)11-23(3)12-18(24)16-5-7-17(8-6-16)26-20(21)22/h5-10,18,20,24H,11-12H2,1-4H3. The molecule has 0 aliphatic carbocycles. The quantitative estimate of drug-likeness (QED) is 0.765. The van der Waals surface area contributed by atoms with E-state index in [1.807, 2.05) is 25.8 Å². The molecule has 2 aromatic rings. The van der Waals surface area contributed by atoms with Crippen LogP contribution in [0.15, 0.2) is 36.4 Å². The van der Waals surface area contributed by atoms with Gasteiger partial charge >= 0.3 is 6.61 Å². The minimum Gasteiger partial charge on any atom is -0.496 e. The third-order valence-corrected chi connectivity index (χ3v) is 4.15. The number of aliphatic hydroxyl groups is 1. The molecule has 0 fully saturated rings. The van der Waals surface area contributed by atoms with E-state index in [4.69, 9.17) is 4.74 Å². The highest BCUT2D eigenvalue weighted by atomic mass is 19.3. The van der Waals surface area contributed by atoms with Crippen LogP contribution in [0.3, 0.4) is 0 Å². The highest BCUT2D eigenvalue weighted by Gasteiger charge is 2.13. The molecular formula is C20H25F2NO3. The van der Waals surface area contributed by atoms with Gasteiger partial charge in [-0.25, -0.2) is 0 Å². The van der Waals surface area contributed by atoms with Crippen LogP contribution in [0.1, 0.15) is 28.4 Å². The normalized spacial score (nSPS) is 12.5. The van der Waals surface area contributed by atoms with E-state index >= 15 is 0 Å². The van der Waals surface area contributed by atoms with Crippen LogP contribution >= 0.6 is 0 Å². The molecule has 1 unspecified atom stereocenters. The first kappa shape index (κ1) is 20.1. The molecule has 0 bridgehead atoms. The van der Waals surface area contributed by atoms with Gasteiger partial charge in [-0.1, -0.05) is 24.3 Å². The number of likely N-dealkylation sites (N-methyl/N-ethyl adjacent to an activating group) is 1. The summed E-state index contributed by atoms with van der Waals surface area (Å²) in [4.78, 5) is 2.01. The molecule has 4 nitrogen and oxygen atoms in total. The molecule has 142 valence electrons. The highest BCUT2D eigenvalue weighted by molar-refractivity contribution is 5.43. The van der Waals surface area contributed by atoms with E-state index in [1.165, 1.54) is 12.1 Å². The summed E-state index contributed by atoms with van der Waals surface area (Å²) in [6.07, 6.45) is -0.721. The number of benzene rings is 2. The minimum absolute atomic E-state index is 0.0773. The van der Waals surface area contributed by atoms with Crippen molar-refractivity contribution >= 4 is 0 Å². The molecule has 0 spiro atoms. The van der Waals surface area contributed by atoms with E-state index in [2.05, 4.69) is 16.9 Å². The van der Waals surface area contributed by atoms with Crippen molar-refractivity contribution in [2.75, 3.05) is 20.7 Å². The number of nitrogens with zero attached hydrogens (tertiary/aromatic N) is 1. The fourth-order valence-electron chi connectivity index (χ4n) is 3.10. The van der Waals surface area contributed by atoms with Crippen LogP contribution in [-0.2, 0) is 6.54 Å². The lowest BCUT2D eigenvalue weighted by Gasteiger charge is -2.22. The first-order valence-electron chi connectivity index (χ1n) is 8.35. The number of alkyl halides is 2. The van der Waals surface area contributed by atoms with Crippen molar-refractivity contribution in [3.8, 4) is 11.5 Å². The van der Waals surface area contributed by atoms with E-state index < -0.39 is 12.7 Å². The molecule has 26 heavy (non-hydrogen) atoms. The largest absolute Gasteiger partial charge is 0.496 e. The molecule has 0 saturated heterocycles. The average molecular weight is 365 g/mol. The number of methoxy groups -OCH3 is 1. The molecule has 1 N–H and O–H groups in total. The number of aryl methyl sites for hydroxylation is 2. The van der Waals surface area contributed by atoms with Gasteiger partial charge < -0.3 is 14.6 Å². The molecule has 6 heteroatoms. The number of halogens is 2. The summed E-state index contributed by atoms with van der Waals surface area (Å²) in [5.74, 6) is 0.969. The summed E-state index contributed by atoms with van der Waals surface area (Å²) in [7, 11) is 3.58. The summed E-state index contributed by atoms with van der Waals surface area (Å²) < 4.78 is 34.0. The van der Waals surface area contributed by atoms with Crippen molar-refractivity contribution in [1.29, 1.82) is 0 Å². The number of aliphatic hydroxyl groups excluding tert-OH is 1. The van der Waals surface area contributed by atoms with Gasteiger partial charge in [0.25, 0.3) is 0 Å². The molecule has 0 heterocycles. The summed E-state index contributed by atoms with van der Waals surface area (Å²) >= 11 is 0. The second kappa shape index (κ2) is 8.96. The lowest BCUT2D eigenvalue weighted by Crippen LogP contribution is -2.24. The fraction of sp³-hybridized carbons (Fsp3) is 0.400. The number of rotatable bonds is 8. The summed E-state index contributed by atoms with van der Waals surface area (Å²) in [6.45, 7) is 2.25. The Labute approximate surface area is 153 Å². The third kappa shape index (κ3) is 5.41. The van der Waals surface area contributed by atoms with Gasteiger partial charge in [0, 0.05) is 13.1 Å². The average Bonchev–Trinajstić information content (AvgIpc) is 2.54. The first-order chi connectivity index (χ1) is 12.3. The van der Waals surface area contributed by atoms with Gasteiger partial charge in [0.15, 0.2) is 0 Å². The van der Waals surface area contributed by atoms with Crippen LogP contribution in [0.4, 0.5) is 8.78 Å². The first-order valence-corrected chi connectivity index (χ1v) is 8.35. The number of ether oxygens (including phenoxy) is 2. The maximum absolute atomic E-state index is 12.2. The molecule has 2 rings (SSSR count). The van der Waals surface area contributed by atoms with Crippen molar-refractivity contribution in [1.82, 2.24) is 4.90 Å². The maximum Gasteiger partial charge on any atom is 0.387 e. The van der Waals surface area contributed by atoms with Crippen molar-refractivity contribution in [2.24, 2.45) is 0 Å². The Kier molecular flexibility index (Phi) is 6.94. The van der Waals surface area contributed by atoms with E-state index in [0.717, 1.165) is 22.4 Å². The van der Waals surface area contributed by atoms with Crippen LogP contribution < -0.4 is 9.47 Å². The van der Waals surface area contributed by atoms with Crippen LogP contribution in [0.5, 0.6) is 11.5 Å². The van der Waals surface area contributed by atoms with Gasteiger partial charge in [-0.05, 0) is 55.3 Å². The molecule has 0 saturated carbocycles. The maximum atomic E-state index is 12.2. The fourth-order valence-corrected chi connectivity index (χ4v) is 3.10.